The van der Waals surface area contributed by atoms with E-state index in [9.17, 15) is 18.8 Å². The van der Waals surface area contributed by atoms with Crippen molar-refractivity contribution in [3.63, 3.8) is 0 Å². The van der Waals surface area contributed by atoms with Crippen LogP contribution in [-0.4, -0.2) is 17.8 Å². The summed E-state index contributed by atoms with van der Waals surface area (Å²) in [7, 11) is 0. The van der Waals surface area contributed by atoms with Crippen molar-refractivity contribution in [2.45, 2.75) is 6.61 Å². The second-order valence-corrected chi connectivity index (χ2v) is 8.57. The van der Waals surface area contributed by atoms with Crippen LogP contribution in [0.3, 0.4) is 0 Å². The van der Waals surface area contributed by atoms with Gasteiger partial charge < -0.3 is 4.74 Å². The van der Waals surface area contributed by atoms with Gasteiger partial charge in [-0.05, 0) is 76.7 Å². The summed E-state index contributed by atoms with van der Waals surface area (Å²) in [5.74, 6) is -1.51. The fourth-order valence-electron chi connectivity index (χ4n) is 3.14. The zero-order valence-corrected chi connectivity index (χ0v) is 19.8. The minimum Gasteiger partial charge on any atom is -0.488 e. The number of barbiturate groups is 1. The first-order chi connectivity index (χ1) is 15.8. The number of imide groups is 2. The van der Waals surface area contributed by atoms with Crippen LogP contribution in [0.15, 0.2) is 72.3 Å². The van der Waals surface area contributed by atoms with Gasteiger partial charge in [-0.2, -0.15) is 0 Å². The van der Waals surface area contributed by atoms with Crippen molar-refractivity contribution < 1.29 is 23.5 Å². The summed E-state index contributed by atoms with van der Waals surface area (Å²) >= 11 is 8.25. The van der Waals surface area contributed by atoms with Crippen LogP contribution in [0.5, 0.6) is 5.75 Å². The SMILES string of the molecule is O=C1NC(=O)N(c2ccc(F)cc2)C(=O)/C1=C/c1ccc(OCc2ccccc2Cl)c(I)c1. The van der Waals surface area contributed by atoms with Crippen molar-refractivity contribution in [3.8, 4) is 5.75 Å². The number of rotatable bonds is 5. The van der Waals surface area contributed by atoms with Crippen LogP contribution in [0.2, 0.25) is 5.02 Å². The maximum atomic E-state index is 13.2. The van der Waals surface area contributed by atoms with Gasteiger partial charge in [-0.3, -0.25) is 14.9 Å². The zero-order chi connectivity index (χ0) is 23.5. The second kappa shape index (κ2) is 9.72. The molecule has 1 aliphatic heterocycles. The third-order valence-corrected chi connectivity index (χ3v) is 6.01. The van der Waals surface area contributed by atoms with E-state index in [1.165, 1.54) is 18.2 Å². The number of carbonyl (C=O) groups excluding carboxylic acids is 3. The summed E-state index contributed by atoms with van der Waals surface area (Å²) in [4.78, 5) is 38.3. The van der Waals surface area contributed by atoms with Crippen molar-refractivity contribution in [1.82, 2.24) is 5.32 Å². The summed E-state index contributed by atoms with van der Waals surface area (Å²) in [5.41, 5.74) is 1.34. The quantitative estimate of drug-likeness (QED) is 0.253. The Morgan fingerprint density at radius 3 is 2.45 bits per heavy atom. The van der Waals surface area contributed by atoms with Crippen molar-refractivity contribution in [2.75, 3.05) is 4.90 Å². The van der Waals surface area contributed by atoms with Gasteiger partial charge >= 0.3 is 6.03 Å². The fourth-order valence-corrected chi connectivity index (χ4v) is 4.03. The Morgan fingerprint density at radius 2 is 1.76 bits per heavy atom. The van der Waals surface area contributed by atoms with Crippen LogP contribution in [0.4, 0.5) is 14.9 Å². The minimum absolute atomic E-state index is 0.148. The van der Waals surface area contributed by atoms with Crippen molar-refractivity contribution in [1.29, 1.82) is 0 Å². The first-order valence-electron chi connectivity index (χ1n) is 9.66. The van der Waals surface area contributed by atoms with E-state index in [4.69, 9.17) is 16.3 Å². The second-order valence-electron chi connectivity index (χ2n) is 7.00. The number of nitrogens with one attached hydrogen (secondary N) is 1. The van der Waals surface area contributed by atoms with E-state index >= 15 is 0 Å². The highest BCUT2D eigenvalue weighted by atomic mass is 127. The van der Waals surface area contributed by atoms with Crippen LogP contribution in [-0.2, 0) is 16.2 Å². The van der Waals surface area contributed by atoms with Crippen LogP contribution >= 0.6 is 34.2 Å². The molecule has 9 heteroatoms. The van der Waals surface area contributed by atoms with Gasteiger partial charge in [0.1, 0.15) is 23.7 Å². The molecule has 0 aliphatic carbocycles. The third kappa shape index (κ3) is 5.07. The summed E-state index contributed by atoms with van der Waals surface area (Å²) in [6.07, 6.45) is 1.39. The molecule has 1 aliphatic rings. The van der Waals surface area contributed by atoms with E-state index in [2.05, 4.69) is 27.9 Å². The Bertz CT molecular complexity index is 1290. The molecular formula is C24H15ClFIN2O4. The van der Waals surface area contributed by atoms with E-state index < -0.39 is 23.7 Å². The summed E-state index contributed by atoms with van der Waals surface area (Å²) < 4.78 is 19.8. The van der Waals surface area contributed by atoms with Gasteiger partial charge in [-0.15, -0.1) is 0 Å². The average Bonchev–Trinajstić information content (AvgIpc) is 2.78. The molecule has 0 radical (unpaired) electrons. The monoisotopic (exact) mass is 576 g/mol. The highest BCUT2D eigenvalue weighted by molar-refractivity contribution is 14.1. The molecule has 6 nitrogen and oxygen atoms in total. The van der Waals surface area contributed by atoms with Gasteiger partial charge in [0.2, 0.25) is 0 Å². The molecule has 1 fully saturated rings. The third-order valence-electron chi connectivity index (χ3n) is 4.79. The fraction of sp³-hybridized carbons (Fsp3) is 0.0417. The molecule has 166 valence electrons. The lowest BCUT2D eigenvalue weighted by Crippen LogP contribution is -2.54. The molecule has 1 saturated heterocycles. The summed E-state index contributed by atoms with van der Waals surface area (Å²) in [5, 5.41) is 2.75. The number of anilines is 1. The topological polar surface area (TPSA) is 75.7 Å². The molecular weight excluding hydrogens is 562 g/mol. The van der Waals surface area contributed by atoms with Crippen LogP contribution in [0.25, 0.3) is 6.08 Å². The first kappa shape index (κ1) is 22.9. The maximum Gasteiger partial charge on any atom is 0.335 e. The average molecular weight is 577 g/mol. The molecule has 1 heterocycles. The molecule has 1 N–H and O–H groups in total. The Labute approximate surface area is 207 Å². The molecule has 0 spiro atoms. The van der Waals surface area contributed by atoms with E-state index in [-0.39, 0.29) is 17.9 Å². The highest BCUT2D eigenvalue weighted by Gasteiger charge is 2.36. The number of hydrogen-bond acceptors (Lipinski definition) is 4. The van der Waals surface area contributed by atoms with Crippen molar-refractivity contribution in [3.05, 3.63) is 97.8 Å². The smallest absolute Gasteiger partial charge is 0.335 e. The van der Waals surface area contributed by atoms with E-state index in [1.54, 1.807) is 24.3 Å². The number of carbonyl (C=O) groups is 3. The molecule has 0 atom stereocenters. The summed E-state index contributed by atoms with van der Waals surface area (Å²) in [6.45, 7) is 0.283. The van der Waals surface area contributed by atoms with Crippen LogP contribution in [0, 0.1) is 9.39 Å². The molecule has 0 aromatic heterocycles. The predicted octanol–water partition coefficient (Wildman–Crippen LogP) is 5.33. The van der Waals surface area contributed by atoms with E-state index in [1.807, 2.05) is 18.2 Å². The lowest BCUT2D eigenvalue weighted by molar-refractivity contribution is -0.122. The van der Waals surface area contributed by atoms with Crippen LogP contribution in [0.1, 0.15) is 11.1 Å². The van der Waals surface area contributed by atoms with Gasteiger partial charge in [0.25, 0.3) is 11.8 Å². The molecule has 0 saturated carbocycles. The number of hydrogen-bond donors (Lipinski definition) is 1. The number of benzene rings is 3. The predicted molar refractivity (Wildman–Crippen MR) is 130 cm³/mol. The normalized spacial score (nSPS) is 15.1. The maximum absolute atomic E-state index is 13.2. The highest BCUT2D eigenvalue weighted by Crippen LogP contribution is 2.27. The number of urea groups is 1. The lowest BCUT2D eigenvalue weighted by Gasteiger charge is -2.26. The Balaban J connectivity index is 1.57. The van der Waals surface area contributed by atoms with Gasteiger partial charge in [-0.25, -0.2) is 14.1 Å². The van der Waals surface area contributed by atoms with Gasteiger partial charge in [0.15, 0.2) is 0 Å². The molecule has 4 rings (SSSR count). The Kier molecular flexibility index (Phi) is 6.75. The van der Waals surface area contributed by atoms with Crippen molar-refractivity contribution in [2.24, 2.45) is 0 Å². The Morgan fingerprint density at radius 1 is 1.03 bits per heavy atom. The van der Waals surface area contributed by atoms with E-state index in [0.717, 1.165) is 26.2 Å². The molecule has 0 unspecified atom stereocenters. The number of nitrogens with zero attached hydrogens (tertiary/aromatic N) is 1. The lowest BCUT2D eigenvalue weighted by atomic mass is 10.1. The molecule has 0 bridgehead atoms. The molecule has 33 heavy (non-hydrogen) atoms. The number of halogens is 3. The number of amides is 4. The largest absolute Gasteiger partial charge is 0.488 e. The van der Waals surface area contributed by atoms with E-state index in [0.29, 0.717) is 16.3 Å². The van der Waals surface area contributed by atoms with Crippen molar-refractivity contribution >= 4 is 63.8 Å². The zero-order valence-electron chi connectivity index (χ0n) is 16.8. The standard InChI is InChI=1S/C24H15ClFIN2O4/c25-19-4-2-1-3-15(19)13-33-21-10-5-14(12-20(21)27)11-18-22(30)28-24(32)29(23(18)31)17-8-6-16(26)7-9-17/h1-12H,13H2,(H,28,30,32)/b18-11+. The minimum atomic E-state index is -0.897. The molecule has 4 amide bonds. The van der Waals surface area contributed by atoms with Gasteiger partial charge in [0.05, 0.1) is 9.26 Å². The first-order valence-corrected chi connectivity index (χ1v) is 11.1. The Hall–Kier alpha value is -3.24. The number of ether oxygens (including phenoxy) is 1. The summed E-state index contributed by atoms with van der Waals surface area (Å²) in [6, 6.07) is 16.4. The van der Waals surface area contributed by atoms with Gasteiger partial charge in [0, 0.05) is 10.6 Å². The molecule has 3 aromatic carbocycles. The molecule has 3 aromatic rings. The van der Waals surface area contributed by atoms with Gasteiger partial charge in [-0.1, -0.05) is 35.9 Å². The van der Waals surface area contributed by atoms with Crippen LogP contribution < -0.4 is 15.0 Å².